The van der Waals surface area contributed by atoms with Crippen molar-refractivity contribution in [3.8, 4) is 11.1 Å². The summed E-state index contributed by atoms with van der Waals surface area (Å²) >= 11 is 6.12. The standard InChI is InChI=1S/C16H13ClF4N5O/c17-26-14-4-2-12(11-1-3-13(23-7-11)16(19,20)21)9-24(14)15(27)25(26)8-10(5-18)6-22/h1-5,7,9H,6,8,22H2/q+1/b10-5+. The van der Waals surface area contributed by atoms with Gasteiger partial charge in [-0.1, -0.05) is 10.7 Å². The molecular formula is C16H13ClF4N5O+. The van der Waals surface area contributed by atoms with Gasteiger partial charge in [0.25, 0.3) is 5.65 Å². The van der Waals surface area contributed by atoms with Crippen molar-refractivity contribution in [2.45, 2.75) is 12.7 Å². The van der Waals surface area contributed by atoms with Crippen molar-refractivity contribution in [1.82, 2.24) is 13.9 Å². The Morgan fingerprint density at radius 2 is 1.96 bits per heavy atom. The lowest BCUT2D eigenvalue weighted by Gasteiger charge is -2.06. The van der Waals surface area contributed by atoms with Crippen molar-refractivity contribution in [3.63, 3.8) is 0 Å². The summed E-state index contributed by atoms with van der Waals surface area (Å²) in [5, 5.41) is 0. The third-order valence-corrected chi connectivity index (χ3v) is 4.27. The molecule has 3 aromatic rings. The zero-order chi connectivity index (χ0) is 19.8. The van der Waals surface area contributed by atoms with Crippen molar-refractivity contribution in [1.29, 1.82) is 0 Å². The van der Waals surface area contributed by atoms with Crippen LogP contribution in [0.25, 0.3) is 16.8 Å². The molecule has 0 fully saturated rings. The zero-order valence-corrected chi connectivity index (χ0v) is 14.4. The highest BCUT2D eigenvalue weighted by Crippen LogP contribution is 2.28. The van der Waals surface area contributed by atoms with Gasteiger partial charge >= 0.3 is 11.9 Å². The second-order valence-corrected chi connectivity index (χ2v) is 5.97. The Morgan fingerprint density at radius 1 is 1.26 bits per heavy atom. The van der Waals surface area contributed by atoms with Crippen LogP contribution in [0.15, 0.2) is 53.4 Å². The number of pyridine rings is 2. The Labute approximate surface area is 154 Å². The minimum atomic E-state index is -4.54. The molecule has 0 saturated heterocycles. The van der Waals surface area contributed by atoms with E-state index in [1.807, 2.05) is 0 Å². The maximum Gasteiger partial charge on any atom is 0.477 e. The van der Waals surface area contributed by atoms with E-state index < -0.39 is 17.6 Å². The Kier molecular flexibility index (Phi) is 5.03. The average Bonchev–Trinajstić information content (AvgIpc) is 2.89. The van der Waals surface area contributed by atoms with Crippen LogP contribution in [-0.2, 0) is 12.7 Å². The first kappa shape index (κ1) is 19.1. The van der Waals surface area contributed by atoms with Crippen molar-refractivity contribution in [2.24, 2.45) is 5.73 Å². The monoisotopic (exact) mass is 402 g/mol. The van der Waals surface area contributed by atoms with Gasteiger partial charge in [-0.15, -0.1) is 0 Å². The fraction of sp³-hybridized carbons (Fsp3) is 0.188. The first-order chi connectivity index (χ1) is 12.8. The number of halogens is 5. The molecule has 3 heterocycles. The summed E-state index contributed by atoms with van der Waals surface area (Å²) in [5.74, 6) is 0. The van der Waals surface area contributed by atoms with E-state index in [0.29, 0.717) is 23.1 Å². The topological polar surface area (TPSA) is 69.9 Å². The number of alkyl halides is 3. The van der Waals surface area contributed by atoms with Crippen LogP contribution in [0, 0.1) is 0 Å². The largest absolute Gasteiger partial charge is 0.477 e. The van der Waals surface area contributed by atoms with Crippen LogP contribution in [0.3, 0.4) is 0 Å². The van der Waals surface area contributed by atoms with Gasteiger partial charge in [0.1, 0.15) is 24.0 Å². The number of nitrogens with two attached hydrogens (primary N) is 1. The maximum absolute atomic E-state index is 12.8. The van der Waals surface area contributed by atoms with E-state index in [4.69, 9.17) is 17.5 Å². The Bertz CT molecular complexity index is 1070. The number of nitrogens with zero attached hydrogens (tertiary/aromatic N) is 4. The molecule has 0 aliphatic carbocycles. The quantitative estimate of drug-likeness (QED) is 0.537. The molecule has 0 unspecified atom stereocenters. The highest BCUT2D eigenvalue weighted by molar-refractivity contribution is 6.16. The lowest BCUT2D eigenvalue weighted by Crippen LogP contribution is -2.41. The molecule has 0 bridgehead atoms. The molecule has 0 amide bonds. The maximum atomic E-state index is 12.8. The first-order valence-electron chi connectivity index (χ1n) is 7.61. The molecule has 0 aliphatic heterocycles. The normalized spacial score (nSPS) is 12.7. The fourth-order valence-electron chi connectivity index (χ4n) is 2.49. The van der Waals surface area contributed by atoms with Gasteiger partial charge in [-0.05, 0) is 16.3 Å². The lowest BCUT2D eigenvalue weighted by molar-refractivity contribution is -0.529. The highest BCUT2D eigenvalue weighted by atomic mass is 35.5. The van der Waals surface area contributed by atoms with Crippen LogP contribution in [0.2, 0.25) is 0 Å². The Morgan fingerprint density at radius 3 is 2.52 bits per heavy atom. The molecule has 11 heteroatoms. The van der Waals surface area contributed by atoms with Crippen molar-refractivity contribution in [2.75, 3.05) is 6.54 Å². The van der Waals surface area contributed by atoms with Gasteiger partial charge in [0.2, 0.25) is 0 Å². The van der Waals surface area contributed by atoms with Gasteiger partial charge in [-0.25, -0.2) is 9.18 Å². The van der Waals surface area contributed by atoms with Gasteiger partial charge in [-0.3, -0.25) is 4.98 Å². The van der Waals surface area contributed by atoms with Crippen LogP contribution in [0.4, 0.5) is 17.6 Å². The third kappa shape index (κ3) is 3.58. The molecule has 142 valence electrons. The molecule has 3 aromatic heterocycles. The average molecular weight is 403 g/mol. The second-order valence-electron chi connectivity index (χ2n) is 5.65. The number of fused-ring (bicyclic) bond motifs is 1. The smallest absolute Gasteiger partial charge is 0.327 e. The number of rotatable bonds is 4. The fourth-order valence-corrected chi connectivity index (χ4v) is 2.74. The van der Waals surface area contributed by atoms with E-state index >= 15 is 0 Å². The summed E-state index contributed by atoms with van der Waals surface area (Å²) in [6, 6.07) is 5.21. The molecule has 2 N–H and O–H groups in total. The number of aromatic nitrogens is 4. The first-order valence-corrected chi connectivity index (χ1v) is 7.95. The summed E-state index contributed by atoms with van der Waals surface area (Å²) < 4.78 is 53.9. The molecule has 0 saturated carbocycles. The van der Waals surface area contributed by atoms with E-state index in [9.17, 15) is 22.4 Å². The molecule has 6 nitrogen and oxygen atoms in total. The van der Waals surface area contributed by atoms with Crippen LogP contribution < -0.4 is 15.8 Å². The van der Waals surface area contributed by atoms with Crippen LogP contribution in [-0.4, -0.2) is 20.4 Å². The molecule has 0 atom stereocenters. The minimum absolute atomic E-state index is 0.0888. The van der Waals surface area contributed by atoms with Gasteiger partial charge in [0.05, 0.1) is 12.5 Å². The summed E-state index contributed by atoms with van der Waals surface area (Å²) in [7, 11) is 0. The van der Waals surface area contributed by atoms with Gasteiger partial charge in [0.15, 0.2) is 0 Å². The molecular weight excluding hydrogens is 390 g/mol. The highest BCUT2D eigenvalue weighted by Gasteiger charge is 2.32. The van der Waals surface area contributed by atoms with Crippen LogP contribution in [0.5, 0.6) is 0 Å². The van der Waals surface area contributed by atoms with E-state index in [1.165, 1.54) is 22.7 Å². The minimum Gasteiger partial charge on any atom is -0.327 e. The summed E-state index contributed by atoms with van der Waals surface area (Å²) in [5.41, 5.74) is 5.12. The van der Waals surface area contributed by atoms with Crippen molar-refractivity contribution in [3.05, 3.63) is 64.7 Å². The van der Waals surface area contributed by atoms with E-state index in [2.05, 4.69) is 4.98 Å². The molecule has 3 rings (SSSR count). The predicted octanol–water partition coefficient (Wildman–Crippen LogP) is 2.28. The second kappa shape index (κ2) is 7.12. The van der Waals surface area contributed by atoms with Crippen LogP contribution >= 0.6 is 11.8 Å². The molecule has 0 aromatic carbocycles. The van der Waals surface area contributed by atoms with Crippen molar-refractivity contribution >= 4 is 17.4 Å². The molecule has 0 radical (unpaired) electrons. The molecule has 27 heavy (non-hydrogen) atoms. The molecule has 0 spiro atoms. The van der Waals surface area contributed by atoms with Crippen molar-refractivity contribution < 1.29 is 22.0 Å². The van der Waals surface area contributed by atoms with Gasteiger partial charge in [0, 0.05) is 35.5 Å². The lowest BCUT2D eigenvalue weighted by atomic mass is 10.1. The predicted molar refractivity (Wildman–Crippen MR) is 89.6 cm³/mol. The SMILES string of the molecule is NC/C(=C\F)Cn1c(=O)[n+]2cc(-c3ccc(C(F)(F)F)nc3)ccc2n1Cl. The zero-order valence-electron chi connectivity index (χ0n) is 13.6. The van der Waals surface area contributed by atoms with Gasteiger partial charge < -0.3 is 5.73 Å². The summed E-state index contributed by atoms with van der Waals surface area (Å²) in [6.45, 7) is -0.233. The van der Waals surface area contributed by atoms with Crippen LogP contribution in [0.1, 0.15) is 5.69 Å². The Balaban J connectivity index is 2.05. The van der Waals surface area contributed by atoms with E-state index in [-0.39, 0.29) is 18.7 Å². The van der Waals surface area contributed by atoms with E-state index in [0.717, 1.165) is 21.1 Å². The Hall–Kier alpha value is -2.72. The summed E-state index contributed by atoms with van der Waals surface area (Å²) in [4.78, 5) is 16.0. The number of hydrogen-bond donors (Lipinski definition) is 1. The van der Waals surface area contributed by atoms with Gasteiger partial charge in [-0.2, -0.15) is 17.6 Å². The van der Waals surface area contributed by atoms with E-state index in [1.54, 1.807) is 6.07 Å². The molecule has 0 aliphatic rings. The third-order valence-electron chi connectivity index (χ3n) is 3.91. The number of hydrogen-bond acceptors (Lipinski definition) is 3. The summed E-state index contributed by atoms with van der Waals surface area (Å²) in [6.07, 6.45) is -1.74.